The predicted octanol–water partition coefficient (Wildman–Crippen LogP) is 4.22. The van der Waals surface area contributed by atoms with Crippen molar-refractivity contribution in [3.05, 3.63) is 64.7 Å². The highest BCUT2D eigenvalue weighted by Gasteiger charge is 2.27. The maximum absolute atomic E-state index is 12.8. The normalized spacial score (nSPS) is 17.2. The Morgan fingerprint density at radius 3 is 2.58 bits per heavy atom. The molecule has 2 amide bonds. The van der Waals surface area contributed by atoms with Crippen molar-refractivity contribution in [2.24, 2.45) is 0 Å². The molecule has 0 spiro atoms. The molecule has 0 radical (unpaired) electrons. The summed E-state index contributed by atoms with van der Waals surface area (Å²) in [5, 5.41) is 13.7. The fraction of sp³-hybridized carbons (Fsp3) is 0.370. The Bertz CT molecular complexity index is 1300. The number of anilines is 2. The van der Waals surface area contributed by atoms with Gasteiger partial charge in [0.1, 0.15) is 5.76 Å². The van der Waals surface area contributed by atoms with Crippen LogP contribution >= 0.6 is 11.6 Å². The quantitative estimate of drug-likeness (QED) is 0.346. The lowest BCUT2D eigenvalue weighted by molar-refractivity contribution is -0.111. The number of aryl methyl sites for hydroxylation is 2. The molecule has 1 saturated carbocycles. The highest BCUT2D eigenvalue weighted by molar-refractivity contribution is 6.33. The van der Waals surface area contributed by atoms with Crippen molar-refractivity contribution in [3.8, 4) is 11.3 Å². The molecule has 0 aliphatic heterocycles. The van der Waals surface area contributed by atoms with Gasteiger partial charge in [0.05, 0.1) is 28.2 Å². The zero-order valence-corrected chi connectivity index (χ0v) is 22.7. The van der Waals surface area contributed by atoms with Crippen LogP contribution in [0.5, 0.6) is 0 Å². The molecule has 10 nitrogen and oxygen atoms in total. The predicted molar refractivity (Wildman–Crippen MR) is 147 cm³/mol. The number of likely N-dealkylation sites (N-methyl/N-ethyl adjacent to an activating group) is 1. The molecule has 4 rings (SSSR count). The first kappa shape index (κ1) is 27.3. The van der Waals surface area contributed by atoms with Crippen molar-refractivity contribution in [3.63, 3.8) is 0 Å². The van der Waals surface area contributed by atoms with Gasteiger partial charge in [0.2, 0.25) is 11.9 Å². The Labute approximate surface area is 226 Å². The molecule has 3 N–H and O–H groups in total. The van der Waals surface area contributed by atoms with E-state index < -0.39 is 0 Å². The Kier molecular flexibility index (Phi) is 8.75. The van der Waals surface area contributed by atoms with Crippen LogP contribution in [0.2, 0.25) is 5.02 Å². The van der Waals surface area contributed by atoms with Crippen LogP contribution in [0.4, 0.5) is 11.6 Å². The number of benzene rings is 1. The third-order valence-electron chi connectivity index (χ3n) is 6.27. The van der Waals surface area contributed by atoms with Crippen molar-refractivity contribution in [1.29, 1.82) is 0 Å². The van der Waals surface area contributed by atoms with E-state index in [2.05, 4.69) is 31.1 Å². The molecule has 200 valence electrons. The fourth-order valence-electron chi connectivity index (χ4n) is 4.39. The Morgan fingerprint density at radius 2 is 1.89 bits per heavy atom. The van der Waals surface area contributed by atoms with Gasteiger partial charge in [0, 0.05) is 36.0 Å². The van der Waals surface area contributed by atoms with Gasteiger partial charge in [-0.3, -0.25) is 9.59 Å². The molecule has 2 aromatic heterocycles. The van der Waals surface area contributed by atoms with E-state index >= 15 is 0 Å². The van der Waals surface area contributed by atoms with Crippen LogP contribution in [0.25, 0.3) is 11.3 Å². The molecule has 1 aromatic carbocycles. The van der Waals surface area contributed by atoms with Gasteiger partial charge in [-0.05, 0) is 71.5 Å². The summed E-state index contributed by atoms with van der Waals surface area (Å²) in [6.07, 6.45) is 7.30. The summed E-state index contributed by atoms with van der Waals surface area (Å²) in [6.45, 7) is 4.34. The second-order valence-electron chi connectivity index (χ2n) is 9.65. The zero-order chi connectivity index (χ0) is 27.2. The van der Waals surface area contributed by atoms with Crippen LogP contribution in [-0.4, -0.2) is 64.6 Å². The standard InChI is InChI=1S/C27H32ClN7O3/c1-16-24(17(2)38-34-16)25-22(28)15-29-27(33-25)32-21-12-11-20(14-21)31-26(37)18-7-9-19(10-8-18)30-23(36)6-5-13-35(3)4/h5-10,15,20-21H,11-14H2,1-4H3,(H,30,36)(H,31,37)(H,29,32,33)/t20-,21+/m0/s1. The number of carbonyl (C=O) groups is 2. The van der Waals surface area contributed by atoms with Crippen LogP contribution in [0, 0.1) is 13.8 Å². The number of nitrogens with one attached hydrogen (secondary N) is 3. The van der Waals surface area contributed by atoms with E-state index in [1.165, 1.54) is 6.08 Å². The molecule has 1 fully saturated rings. The molecule has 1 aliphatic rings. The van der Waals surface area contributed by atoms with Crippen molar-refractivity contribution < 1.29 is 14.1 Å². The molecule has 1 aliphatic carbocycles. The van der Waals surface area contributed by atoms with Crippen molar-refractivity contribution in [1.82, 2.24) is 25.3 Å². The average molecular weight is 538 g/mol. The smallest absolute Gasteiger partial charge is 0.251 e. The van der Waals surface area contributed by atoms with Gasteiger partial charge < -0.3 is 25.4 Å². The molecule has 11 heteroatoms. The Morgan fingerprint density at radius 1 is 1.16 bits per heavy atom. The Balaban J connectivity index is 1.30. The van der Waals surface area contributed by atoms with Gasteiger partial charge in [-0.2, -0.15) is 0 Å². The minimum Gasteiger partial charge on any atom is -0.361 e. The first-order chi connectivity index (χ1) is 18.2. The summed E-state index contributed by atoms with van der Waals surface area (Å²) >= 11 is 6.36. The lowest BCUT2D eigenvalue weighted by Gasteiger charge is -2.15. The summed E-state index contributed by atoms with van der Waals surface area (Å²) in [7, 11) is 3.86. The maximum Gasteiger partial charge on any atom is 0.251 e. The number of halogens is 1. The number of hydrogen-bond donors (Lipinski definition) is 3. The average Bonchev–Trinajstić information content (AvgIpc) is 3.45. The van der Waals surface area contributed by atoms with Gasteiger partial charge in [-0.25, -0.2) is 9.97 Å². The maximum atomic E-state index is 12.8. The zero-order valence-electron chi connectivity index (χ0n) is 21.9. The summed E-state index contributed by atoms with van der Waals surface area (Å²) in [6, 6.07) is 6.99. The lowest BCUT2D eigenvalue weighted by atomic mass is 10.1. The number of aromatic nitrogens is 3. The third kappa shape index (κ3) is 6.96. The van der Waals surface area contributed by atoms with E-state index in [4.69, 9.17) is 16.1 Å². The summed E-state index contributed by atoms with van der Waals surface area (Å²) in [5.41, 5.74) is 3.22. The molecule has 2 heterocycles. The van der Waals surface area contributed by atoms with Gasteiger partial charge in [-0.15, -0.1) is 0 Å². The molecule has 0 unspecified atom stereocenters. The van der Waals surface area contributed by atoms with E-state index in [1.807, 2.05) is 32.8 Å². The monoisotopic (exact) mass is 537 g/mol. The van der Waals surface area contributed by atoms with E-state index in [0.29, 0.717) is 45.9 Å². The first-order valence-corrected chi connectivity index (χ1v) is 12.8. The molecule has 0 saturated heterocycles. The molecule has 2 atom stereocenters. The summed E-state index contributed by atoms with van der Waals surface area (Å²) < 4.78 is 5.26. The van der Waals surface area contributed by atoms with Gasteiger partial charge in [-0.1, -0.05) is 22.8 Å². The van der Waals surface area contributed by atoms with Crippen molar-refractivity contribution in [2.75, 3.05) is 31.3 Å². The topological polar surface area (TPSA) is 125 Å². The second-order valence-corrected chi connectivity index (χ2v) is 10.1. The van der Waals surface area contributed by atoms with Crippen molar-refractivity contribution >= 4 is 35.1 Å². The number of hydrogen-bond acceptors (Lipinski definition) is 8. The molecule has 3 aromatic rings. The number of nitrogens with zero attached hydrogens (tertiary/aromatic N) is 4. The number of rotatable bonds is 9. The van der Waals surface area contributed by atoms with E-state index in [-0.39, 0.29) is 23.9 Å². The van der Waals surface area contributed by atoms with Crippen LogP contribution in [-0.2, 0) is 4.79 Å². The first-order valence-electron chi connectivity index (χ1n) is 12.4. The van der Waals surface area contributed by atoms with Crippen LogP contribution < -0.4 is 16.0 Å². The number of amides is 2. The minimum atomic E-state index is -0.211. The van der Waals surface area contributed by atoms with E-state index in [9.17, 15) is 9.59 Å². The van der Waals surface area contributed by atoms with E-state index in [1.54, 1.807) is 36.5 Å². The minimum absolute atomic E-state index is 0.0237. The molecule has 38 heavy (non-hydrogen) atoms. The summed E-state index contributed by atoms with van der Waals surface area (Å²) in [4.78, 5) is 35.7. The largest absolute Gasteiger partial charge is 0.361 e. The van der Waals surface area contributed by atoms with Gasteiger partial charge in [0.25, 0.3) is 5.91 Å². The van der Waals surface area contributed by atoms with Crippen LogP contribution in [0.15, 0.2) is 47.1 Å². The molecular weight excluding hydrogens is 506 g/mol. The molecular formula is C27H32ClN7O3. The number of carbonyl (C=O) groups excluding carboxylic acids is 2. The second kappa shape index (κ2) is 12.2. The third-order valence-corrected chi connectivity index (χ3v) is 6.55. The molecule has 0 bridgehead atoms. The fourth-order valence-corrected chi connectivity index (χ4v) is 4.57. The van der Waals surface area contributed by atoms with E-state index in [0.717, 1.165) is 24.8 Å². The summed E-state index contributed by atoms with van der Waals surface area (Å²) in [5.74, 6) is 0.750. The lowest BCUT2D eigenvalue weighted by Crippen LogP contribution is -2.34. The van der Waals surface area contributed by atoms with Gasteiger partial charge in [0.15, 0.2) is 0 Å². The Hall–Kier alpha value is -3.76. The van der Waals surface area contributed by atoms with Gasteiger partial charge >= 0.3 is 0 Å². The van der Waals surface area contributed by atoms with Crippen LogP contribution in [0.3, 0.4) is 0 Å². The highest BCUT2D eigenvalue weighted by Crippen LogP contribution is 2.32. The van der Waals surface area contributed by atoms with Crippen molar-refractivity contribution in [2.45, 2.75) is 45.2 Å². The SMILES string of the molecule is Cc1noc(C)c1-c1nc(N[C@@H]2CC[C@H](NC(=O)c3ccc(NC(=O)C=CCN(C)C)cc3)C2)ncc1Cl. The highest BCUT2D eigenvalue weighted by atomic mass is 35.5. The van der Waals surface area contributed by atoms with Crippen LogP contribution in [0.1, 0.15) is 41.1 Å².